The van der Waals surface area contributed by atoms with Crippen molar-refractivity contribution in [1.82, 2.24) is 0 Å². The molecule has 0 amide bonds. The zero-order chi connectivity index (χ0) is 6.95. The Morgan fingerprint density at radius 1 is 1.22 bits per heavy atom. The molecule has 0 aromatic rings. The fourth-order valence-corrected chi connectivity index (χ4v) is 0.430. The summed E-state index contributed by atoms with van der Waals surface area (Å²) >= 11 is 0. The van der Waals surface area contributed by atoms with Gasteiger partial charge in [-0.15, -0.1) is 0 Å². The lowest BCUT2D eigenvalue weighted by molar-refractivity contribution is 0.0702. The Labute approximate surface area is 56.1 Å². The van der Waals surface area contributed by atoms with Gasteiger partial charge in [0.05, 0.1) is 13.2 Å². The average molecular weight is 133 g/mol. The number of hydrogen-bond donors (Lipinski definition) is 1. The maximum atomic E-state index is 5.23. The van der Waals surface area contributed by atoms with E-state index in [1.54, 1.807) is 7.11 Å². The van der Waals surface area contributed by atoms with E-state index in [4.69, 9.17) is 15.2 Å². The van der Waals surface area contributed by atoms with Crippen LogP contribution in [0.5, 0.6) is 0 Å². The Bertz CT molecular complexity index is 44.3. The van der Waals surface area contributed by atoms with E-state index in [9.17, 15) is 0 Å². The van der Waals surface area contributed by atoms with Gasteiger partial charge in [-0.25, -0.2) is 0 Å². The van der Waals surface area contributed by atoms with E-state index in [0.717, 1.165) is 13.0 Å². The van der Waals surface area contributed by atoms with Crippen LogP contribution < -0.4 is 5.73 Å². The first-order valence-corrected chi connectivity index (χ1v) is 3.18. The van der Waals surface area contributed by atoms with Crippen LogP contribution in [0, 0.1) is 0 Å². The molecule has 3 nitrogen and oxygen atoms in total. The number of rotatable bonds is 6. The molecule has 3 heteroatoms. The minimum Gasteiger partial charge on any atom is -0.382 e. The summed E-state index contributed by atoms with van der Waals surface area (Å²) < 4.78 is 9.88. The molecule has 0 aromatic carbocycles. The van der Waals surface area contributed by atoms with Gasteiger partial charge in [0.15, 0.2) is 0 Å². The predicted octanol–water partition coefficient (Wildman–Crippen LogP) is -0.00180. The highest BCUT2D eigenvalue weighted by Crippen LogP contribution is 1.78. The lowest BCUT2D eigenvalue weighted by Gasteiger charge is -2.00. The summed E-state index contributed by atoms with van der Waals surface area (Å²) in [6.07, 6.45) is 0.934. The second kappa shape index (κ2) is 7.88. The van der Waals surface area contributed by atoms with Gasteiger partial charge >= 0.3 is 0 Å². The molecule has 0 bridgehead atoms. The molecule has 0 fully saturated rings. The van der Waals surface area contributed by atoms with Crippen LogP contribution in [-0.2, 0) is 9.47 Å². The van der Waals surface area contributed by atoms with Gasteiger partial charge in [0.2, 0.25) is 0 Å². The van der Waals surface area contributed by atoms with Gasteiger partial charge in [-0.05, 0) is 13.0 Å². The van der Waals surface area contributed by atoms with Crippen LogP contribution in [0.1, 0.15) is 6.42 Å². The SMILES string of the molecule is COCCOCCCN. The van der Waals surface area contributed by atoms with E-state index in [-0.39, 0.29) is 0 Å². The molecule has 0 saturated carbocycles. The summed E-state index contributed by atoms with van der Waals surface area (Å²) in [4.78, 5) is 0. The predicted molar refractivity (Wildman–Crippen MR) is 36.4 cm³/mol. The summed E-state index contributed by atoms with van der Waals surface area (Å²) in [5.41, 5.74) is 5.23. The number of methoxy groups -OCH3 is 1. The van der Waals surface area contributed by atoms with Crippen molar-refractivity contribution in [2.24, 2.45) is 5.73 Å². The standard InChI is InChI=1S/C6H15NO2/c1-8-5-6-9-4-2-3-7/h2-7H2,1H3. The maximum absolute atomic E-state index is 5.23. The van der Waals surface area contributed by atoms with Gasteiger partial charge < -0.3 is 15.2 Å². The van der Waals surface area contributed by atoms with Gasteiger partial charge in [-0.2, -0.15) is 0 Å². The van der Waals surface area contributed by atoms with Crippen LogP contribution in [-0.4, -0.2) is 33.5 Å². The van der Waals surface area contributed by atoms with Gasteiger partial charge in [-0.3, -0.25) is 0 Å². The van der Waals surface area contributed by atoms with Crippen molar-refractivity contribution in [3.63, 3.8) is 0 Å². The number of nitrogens with two attached hydrogens (primary N) is 1. The van der Waals surface area contributed by atoms with Gasteiger partial charge in [0, 0.05) is 13.7 Å². The third-order valence-electron chi connectivity index (χ3n) is 0.925. The molecule has 0 aliphatic rings. The lowest BCUT2D eigenvalue weighted by Crippen LogP contribution is -2.07. The molecule has 2 N–H and O–H groups in total. The van der Waals surface area contributed by atoms with E-state index < -0.39 is 0 Å². The first-order valence-electron chi connectivity index (χ1n) is 3.18. The van der Waals surface area contributed by atoms with Crippen molar-refractivity contribution < 1.29 is 9.47 Å². The molecule has 9 heavy (non-hydrogen) atoms. The highest BCUT2D eigenvalue weighted by Gasteiger charge is 1.84. The highest BCUT2D eigenvalue weighted by molar-refractivity contribution is 4.34. The molecule has 0 aliphatic carbocycles. The Hall–Kier alpha value is -0.120. The number of ether oxygens (including phenoxy) is 2. The van der Waals surface area contributed by atoms with Crippen molar-refractivity contribution in [3.8, 4) is 0 Å². The molecule has 0 aliphatic heterocycles. The third-order valence-corrected chi connectivity index (χ3v) is 0.925. The maximum Gasteiger partial charge on any atom is 0.0700 e. The van der Waals surface area contributed by atoms with E-state index >= 15 is 0 Å². The van der Waals surface area contributed by atoms with Crippen molar-refractivity contribution in [1.29, 1.82) is 0 Å². The van der Waals surface area contributed by atoms with Crippen molar-refractivity contribution >= 4 is 0 Å². The van der Waals surface area contributed by atoms with Crippen LogP contribution in [0.2, 0.25) is 0 Å². The summed E-state index contributed by atoms with van der Waals surface area (Å²) in [6.45, 7) is 2.80. The lowest BCUT2D eigenvalue weighted by atomic mass is 10.5. The minimum absolute atomic E-state index is 0.671. The monoisotopic (exact) mass is 133 g/mol. The molecular formula is C6H15NO2. The van der Waals surface area contributed by atoms with Gasteiger partial charge in [-0.1, -0.05) is 0 Å². The zero-order valence-corrected chi connectivity index (χ0v) is 5.93. The van der Waals surface area contributed by atoms with Crippen molar-refractivity contribution in [2.45, 2.75) is 6.42 Å². The molecule has 0 radical (unpaired) electrons. The first-order chi connectivity index (χ1) is 4.41. The molecule has 0 heterocycles. The van der Waals surface area contributed by atoms with Crippen molar-refractivity contribution in [2.75, 3.05) is 33.5 Å². The van der Waals surface area contributed by atoms with Crippen LogP contribution in [0.15, 0.2) is 0 Å². The Balaban J connectivity index is 2.60. The Kier molecular flexibility index (Phi) is 7.77. The molecule has 0 aromatic heterocycles. The van der Waals surface area contributed by atoms with Gasteiger partial charge in [0.25, 0.3) is 0 Å². The van der Waals surface area contributed by atoms with Crippen LogP contribution in [0.3, 0.4) is 0 Å². The molecule has 0 atom stereocenters. The average Bonchev–Trinajstić information content (AvgIpc) is 1.89. The van der Waals surface area contributed by atoms with E-state index in [2.05, 4.69) is 0 Å². The summed E-state index contributed by atoms with van der Waals surface area (Å²) in [5, 5.41) is 0. The summed E-state index contributed by atoms with van der Waals surface area (Å²) in [7, 11) is 1.66. The van der Waals surface area contributed by atoms with E-state index in [0.29, 0.717) is 19.8 Å². The molecule has 56 valence electrons. The van der Waals surface area contributed by atoms with Crippen LogP contribution in [0.25, 0.3) is 0 Å². The molecule has 0 spiro atoms. The topological polar surface area (TPSA) is 44.5 Å². The second-order valence-electron chi connectivity index (χ2n) is 1.75. The zero-order valence-electron chi connectivity index (χ0n) is 5.93. The van der Waals surface area contributed by atoms with Crippen LogP contribution in [0.4, 0.5) is 0 Å². The quantitative estimate of drug-likeness (QED) is 0.519. The van der Waals surface area contributed by atoms with Gasteiger partial charge in [0.1, 0.15) is 0 Å². The van der Waals surface area contributed by atoms with E-state index in [1.807, 2.05) is 0 Å². The highest BCUT2D eigenvalue weighted by atomic mass is 16.5. The minimum atomic E-state index is 0.671. The second-order valence-corrected chi connectivity index (χ2v) is 1.75. The molecule has 0 saturated heterocycles. The van der Waals surface area contributed by atoms with Crippen LogP contribution >= 0.6 is 0 Å². The molecular weight excluding hydrogens is 118 g/mol. The summed E-state index contributed by atoms with van der Waals surface area (Å²) in [6, 6.07) is 0. The van der Waals surface area contributed by atoms with Crippen molar-refractivity contribution in [3.05, 3.63) is 0 Å². The van der Waals surface area contributed by atoms with E-state index in [1.165, 1.54) is 0 Å². The molecule has 0 rings (SSSR count). The smallest absolute Gasteiger partial charge is 0.0700 e. The fraction of sp³-hybridized carbons (Fsp3) is 1.00. The fourth-order valence-electron chi connectivity index (χ4n) is 0.430. The number of hydrogen-bond acceptors (Lipinski definition) is 3. The first kappa shape index (κ1) is 8.88. The third kappa shape index (κ3) is 7.88. The molecule has 0 unspecified atom stereocenters. The Morgan fingerprint density at radius 3 is 2.56 bits per heavy atom. The Morgan fingerprint density at radius 2 is 2.00 bits per heavy atom. The normalized spacial score (nSPS) is 10.0. The largest absolute Gasteiger partial charge is 0.382 e. The summed E-state index contributed by atoms with van der Waals surface area (Å²) in [5.74, 6) is 0.